The predicted molar refractivity (Wildman–Crippen MR) is 122 cm³/mol. The number of aromatic nitrogens is 1. The lowest BCUT2D eigenvalue weighted by atomic mass is 10.0. The van der Waals surface area contributed by atoms with Gasteiger partial charge in [0.25, 0.3) is 0 Å². The first-order valence-corrected chi connectivity index (χ1v) is 11.1. The molecule has 1 N–H and O–H groups in total. The van der Waals surface area contributed by atoms with Crippen molar-refractivity contribution >= 4 is 21.6 Å². The van der Waals surface area contributed by atoms with Crippen LogP contribution >= 0.6 is 11.3 Å². The number of benzene rings is 3. The molecule has 0 fully saturated rings. The van der Waals surface area contributed by atoms with Gasteiger partial charge in [0.1, 0.15) is 11.6 Å². The molecule has 0 spiro atoms. The number of rotatable bonds is 4. The van der Waals surface area contributed by atoms with Crippen LogP contribution in [0.25, 0.3) is 20.8 Å². The summed E-state index contributed by atoms with van der Waals surface area (Å²) < 4.78 is 7.09. The van der Waals surface area contributed by atoms with Gasteiger partial charge in [-0.15, -0.1) is 11.3 Å². The minimum atomic E-state index is 0.194. The molecule has 1 unspecified atom stereocenters. The number of thiazole rings is 1. The van der Waals surface area contributed by atoms with Crippen LogP contribution in [0.15, 0.2) is 66.7 Å². The van der Waals surface area contributed by atoms with Gasteiger partial charge in [-0.1, -0.05) is 49.4 Å². The molecule has 0 saturated carbocycles. The Kier molecular flexibility index (Phi) is 5.15. The van der Waals surface area contributed by atoms with E-state index in [1.165, 1.54) is 5.56 Å². The first-order chi connectivity index (χ1) is 14.7. The summed E-state index contributed by atoms with van der Waals surface area (Å²) >= 11 is 1.65. The Bertz CT molecular complexity index is 1140. The number of para-hydroxylation sites is 1. The maximum atomic E-state index is 10.7. The Morgan fingerprint density at radius 1 is 1.10 bits per heavy atom. The van der Waals surface area contributed by atoms with Crippen LogP contribution in [0.4, 0.5) is 0 Å². The zero-order chi connectivity index (χ0) is 20.5. The van der Waals surface area contributed by atoms with Gasteiger partial charge in [-0.05, 0) is 35.7 Å². The van der Waals surface area contributed by atoms with Crippen LogP contribution in [0.3, 0.4) is 0 Å². The molecule has 30 heavy (non-hydrogen) atoms. The van der Waals surface area contributed by atoms with Crippen LogP contribution in [0.5, 0.6) is 11.5 Å². The SMILES string of the molecule is CC(CN1CCOc2c(O)cc(-c3nc4ccccc4s3)cc2C1)c1ccccc1. The number of fused-ring (bicyclic) bond motifs is 2. The number of ether oxygens (including phenoxy) is 1. The van der Waals surface area contributed by atoms with Crippen molar-refractivity contribution < 1.29 is 9.84 Å². The van der Waals surface area contributed by atoms with E-state index in [1.807, 2.05) is 18.2 Å². The summed E-state index contributed by atoms with van der Waals surface area (Å²) in [6.45, 7) is 5.36. The lowest BCUT2D eigenvalue weighted by molar-refractivity contribution is 0.216. The van der Waals surface area contributed by atoms with E-state index in [4.69, 9.17) is 9.72 Å². The lowest BCUT2D eigenvalue weighted by Crippen LogP contribution is -2.29. The summed E-state index contributed by atoms with van der Waals surface area (Å²) in [4.78, 5) is 7.16. The molecule has 1 aromatic heterocycles. The largest absolute Gasteiger partial charge is 0.504 e. The van der Waals surface area contributed by atoms with Gasteiger partial charge >= 0.3 is 0 Å². The van der Waals surface area contributed by atoms with Crippen molar-refractivity contribution in [3.8, 4) is 22.1 Å². The van der Waals surface area contributed by atoms with Crippen LogP contribution in [-0.2, 0) is 6.54 Å². The van der Waals surface area contributed by atoms with Crippen molar-refractivity contribution in [1.82, 2.24) is 9.88 Å². The van der Waals surface area contributed by atoms with Crippen molar-refractivity contribution in [3.05, 3.63) is 77.9 Å². The van der Waals surface area contributed by atoms with Gasteiger partial charge in [-0.25, -0.2) is 4.98 Å². The van der Waals surface area contributed by atoms with Crippen LogP contribution in [0, 0.1) is 0 Å². The first-order valence-electron chi connectivity index (χ1n) is 10.3. The molecule has 0 radical (unpaired) electrons. The van der Waals surface area contributed by atoms with Crippen molar-refractivity contribution in [2.75, 3.05) is 19.7 Å². The highest BCUT2D eigenvalue weighted by Crippen LogP contribution is 2.39. The molecule has 4 nitrogen and oxygen atoms in total. The standard InChI is InChI=1S/C25H24N2O2S/c1-17(18-7-3-2-4-8-18)15-27-11-12-29-24-20(16-27)13-19(14-22(24)28)25-26-21-9-5-6-10-23(21)30-25/h2-10,13-14,17,28H,11-12,15-16H2,1H3. The average molecular weight is 417 g/mol. The third-order valence-corrected chi connectivity index (χ3v) is 6.72. The molecule has 4 aromatic rings. The second-order valence-corrected chi connectivity index (χ2v) is 8.90. The highest BCUT2D eigenvalue weighted by Gasteiger charge is 2.22. The zero-order valence-corrected chi connectivity index (χ0v) is 17.7. The second-order valence-electron chi connectivity index (χ2n) is 7.87. The predicted octanol–water partition coefficient (Wildman–Crippen LogP) is 5.67. The molecule has 5 rings (SSSR count). The number of aromatic hydroxyl groups is 1. The smallest absolute Gasteiger partial charge is 0.165 e. The van der Waals surface area contributed by atoms with Crippen molar-refractivity contribution in [2.24, 2.45) is 0 Å². The quantitative estimate of drug-likeness (QED) is 0.466. The fourth-order valence-corrected chi connectivity index (χ4v) is 5.06. The number of hydrogen-bond acceptors (Lipinski definition) is 5. The van der Waals surface area contributed by atoms with E-state index in [1.54, 1.807) is 17.4 Å². The van der Waals surface area contributed by atoms with Crippen LogP contribution in [-0.4, -0.2) is 34.7 Å². The molecular formula is C25H24N2O2S. The van der Waals surface area contributed by atoms with E-state index in [0.29, 0.717) is 18.3 Å². The Balaban J connectivity index is 1.43. The molecule has 5 heteroatoms. The molecule has 152 valence electrons. The van der Waals surface area contributed by atoms with Crippen LogP contribution < -0.4 is 4.74 Å². The lowest BCUT2D eigenvalue weighted by Gasteiger charge is -2.24. The van der Waals surface area contributed by atoms with Crippen LogP contribution in [0.2, 0.25) is 0 Å². The molecule has 3 aromatic carbocycles. The van der Waals surface area contributed by atoms with Gasteiger partial charge in [0.15, 0.2) is 11.5 Å². The maximum absolute atomic E-state index is 10.7. The molecule has 1 aliphatic rings. The molecular weight excluding hydrogens is 392 g/mol. The van der Waals surface area contributed by atoms with E-state index in [9.17, 15) is 5.11 Å². The van der Waals surface area contributed by atoms with Gasteiger partial charge in [-0.2, -0.15) is 0 Å². The van der Waals surface area contributed by atoms with E-state index < -0.39 is 0 Å². The van der Waals surface area contributed by atoms with Gasteiger partial charge in [0, 0.05) is 30.8 Å². The van der Waals surface area contributed by atoms with Gasteiger partial charge in [0.05, 0.1) is 10.2 Å². The summed E-state index contributed by atoms with van der Waals surface area (Å²) in [6.07, 6.45) is 0. The summed E-state index contributed by atoms with van der Waals surface area (Å²) in [7, 11) is 0. The third kappa shape index (κ3) is 3.78. The Hall–Kier alpha value is -2.89. The molecule has 1 aliphatic heterocycles. The Morgan fingerprint density at radius 2 is 1.90 bits per heavy atom. The maximum Gasteiger partial charge on any atom is 0.165 e. The molecule has 0 aliphatic carbocycles. The summed E-state index contributed by atoms with van der Waals surface area (Å²) in [6, 6.07) is 22.6. The Morgan fingerprint density at radius 3 is 2.73 bits per heavy atom. The van der Waals surface area contributed by atoms with E-state index >= 15 is 0 Å². The number of nitrogens with zero attached hydrogens (tertiary/aromatic N) is 2. The van der Waals surface area contributed by atoms with Crippen molar-refractivity contribution in [1.29, 1.82) is 0 Å². The average Bonchev–Trinajstić information content (AvgIpc) is 3.09. The summed E-state index contributed by atoms with van der Waals surface area (Å²) in [5.74, 6) is 1.23. The molecule has 2 heterocycles. The van der Waals surface area contributed by atoms with Gasteiger partial charge in [-0.3, -0.25) is 4.90 Å². The first kappa shape index (κ1) is 19.1. The highest BCUT2D eigenvalue weighted by molar-refractivity contribution is 7.21. The molecule has 0 bridgehead atoms. The topological polar surface area (TPSA) is 45.6 Å². The molecule has 1 atom stereocenters. The van der Waals surface area contributed by atoms with Crippen molar-refractivity contribution in [3.63, 3.8) is 0 Å². The summed E-state index contributed by atoms with van der Waals surface area (Å²) in [5.41, 5.74) is 4.28. The fourth-order valence-electron chi connectivity index (χ4n) is 4.10. The third-order valence-electron chi connectivity index (χ3n) is 5.64. The van der Waals surface area contributed by atoms with Crippen LogP contribution in [0.1, 0.15) is 24.0 Å². The van der Waals surface area contributed by atoms with E-state index in [0.717, 1.165) is 46.0 Å². The normalized spacial score (nSPS) is 15.4. The van der Waals surface area contributed by atoms with Gasteiger partial charge in [0.2, 0.25) is 0 Å². The number of hydrogen-bond donors (Lipinski definition) is 1. The zero-order valence-electron chi connectivity index (χ0n) is 16.9. The van der Waals surface area contributed by atoms with Gasteiger partial charge < -0.3 is 9.84 Å². The minimum absolute atomic E-state index is 0.194. The fraction of sp³-hybridized carbons (Fsp3) is 0.240. The number of phenolic OH excluding ortho intramolecular Hbond substituents is 1. The summed E-state index contributed by atoms with van der Waals surface area (Å²) in [5, 5.41) is 11.6. The number of phenols is 1. The second kappa shape index (κ2) is 8.09. The highest BCUT2D eigenvalue weighted by atomic mass is 32.1. The molecule has 0 amide bonds. The monoisotopic (exact) mass is 416 g/mol. The van der Waals surface area contributed by atoms with Crippen molar-refractivity contribution in [2.45, 2.75) is 19.4 Å². The van der Waals surface area contributed by atoms with E-state index in [2.05, 4.69) is 54.3 Å². The minimum Gasteiger partial charge on any atom is -0.504 e. The Labute approximate surface area is 180 Å². The van der Waals surface area contributed by atoms with E-state index in [-0.39, 0.29) is 5.75 Å². The molecule has 0 saturated heterocycles.